The molecule has 0 spiro atoms. The summed E-state index contributed by atoms with van der Waals surface area (Å²) in [6, 6.07) is 3.84. The molecule has 0 aliphatic carbocycles. The van der Waals surface area contributed by atoms with Crippen molar-refractivity contribution >= 4 is 5.91 Å². The highest BCUT2D eigenvalue weighted by molar-refractivity contribution is 5.95. The first-order chi connectivity index (χ1) is 8.08. The van der Waals surface area contributed by atoms with Crippen LogP contribution in [0.25, 0.3) is 0 Å². The second kappa shape index (κ2) is 5.80. The first kappa shape index (κ1) is 12.9. The molecule has 1 unspecified atom stereocenters. The summed E-state index contributed by atoms with van der Waals surface area (Å²) in [6.07, 6.45) is 6.39. The zero-order valence-electron chi connectivity index (χ0n) is 9.60. The van der Waals surface area contributed by atoms with Gasteiger partial charge in [-0.3, -0.25) is 4.79 Å². The fourth-order valence-electron chi connectivity index (χ4n) is 1.37. The van der Waals surface area contributed by atoms with Gasteiger partial charge in [0.1, 0.15) is 0 Å². The lowest BCUT2D eigenvalue weighted by molar-refractivity contribution is 0.0936. The molecular formula is C13H15NO3. The Balaban J connectivity index is 2.76. The van der Waals surface area contributed by atoms with Crippen LogP contribution in [-0.2, 0) is 0 Å². The second-order valence-electron chi connectivity index (χ2n) is 3.69. The highest BCUT2D eigenvalue weighted by atomic mass is 16.3. The fourth-order valence-corrected chi connectivity index (χ4v) is 1.37. The molecule has 0 aromatic heterocycles. The van der Waals surface area contributed by atoms with Crippen molar-refractivity contribution < 1.29 is 15.0 Å². The van der Waals surface area contributed by atoms with Crippen LogP contribution in [0, 0.1) is 12.3 Å². The third-order valence-corrected chi connectivity index (χ3v) is 2.43. The average Bonchev–Trinajstić information content (AvgIpc) is 2.31. The van der Waals surface area contributed by atoms with E-state index in [1.807, 2.05) is 6.92 Å². The van der Waals surface area contributed by atoms with Crippen LogP contribution in [0.3, 0.4) is 0 Å². The van der Waals surface area contributed by atoms with Crippen molar-refractivity contribution in [1.29, 1.82) is 0 Å². The Morgan fingerprint density at radius 2 is 2.18 bits per heavy atom. The van der Waals surface area contributed by atoms with Crippen LogP contribution in [0.2, 0.25) is 0 Å². The molecular weight excluding hydrogens is 218 g/mol. The Labute approximate surface area is 100 Å². The molecule has 0 bridgehead atoms. The highest BCUT2D eigenvalue weighted by Crippen LogP contribution is 2.24. The van der Waals surface area contributed by atoms with Gasteiger partial charge in [-0.2, -0.15) is 0 Å². The molecule has 90 valence electrons. The first-order valence-electron chi connectivity index (χ1n) is 5.34. The molecule has 17 heavy (non-hydrogen) atoms. The summed E-state index contributed by atoms with van der Waals surface area (Å²) in [5.74, 6) is 1.61. The van der Waals surface area contributed by atoms with E-state index in [1.54, 1.807) is 0 Å². The molecule has 0 heterocycles. The van der Waals surface area contributed by atoms with Gasteiger partial charge in [-0.25, -0.2) is 0 Å². The number of rotatable bonds is 4. The maximum absolute atomic E-state index is 11.8. The standard InChI is InChI=1S/C13H15NO3/c1-3-5-10(4-2)14-13(17)9-6-7-11(15)12(16)8-9/h1,6-8,10,15-16H,4-5H2,2H3,(H,14,17). The van der Waals surface area contributed by atoms with Crippen LogP contribution >= 0.6 is 0 Å². The van der Waals surface area contributed by atoms with Crippen molar-refractivity contribution in [3.63, 3.8) is 0 Å². The van der Waals surface area contributed by atoms with Gasteiger partial charge in [0.2, 0.25) is 0 Å². The molecule has 1 aromatic carbocycles. The molecule has 0 radical (unpaired) electrons. The summed E-state index contributed by atoms with van der Waals surface area (Å²) in [5, 5.41) is 21.2. The molecule has 1 aromatic rings. The molecule has 4 heteroatoms. The minimum absolute atomic E-state index is 0.0801. The SMILES string of the molecule is C#CCC(CC)NC(=O)c1ccc(O)c(O)c1. The van der Waals surface area contributed by atoms with Crippen molar-refractivity contribution in [3.8, 4) is 23.8 Å². The van der Waals surface area contributed by atoms with Crippen LogP contribution in [0.5, 0.6) is 11.5 Å². The molecule has 0 saturated carbocycles. The predicted octanol–water partition coefficient (Wildman–Crippen LogP) is 1.63. The minimum Gasteiger partial charge on any atom is -0.504 e. The average molecular weight is 233 g/mol. The smallest absolute Gasteiger partial charge is 0.251 e. The van der Waals surface area contributed by atoms with Crippen LogP contribution in [-0.4, -0.2) is 22.2 Å². The zero-order chi connectivity index (χ0) is 12.8. The van der Waals surface area contributed by atoms with E-state index in [0.717, 1.165) is 6.42 Å². The monoisotopic (exact) mass is 233 g/mol. The number of terminal acetylenes is 1. The Morgan fingerprint density at radius 3 is 2.71 bits per heavy atom. The molecule has 4 nitrogen and oxygen atoms in total. The van der Waals surface area contributed by atoms with E-state index in [2.05, 4.69) is 11.2 Å². The lowest BCUT2D eigenvalue weighted by Crippen LogP contribution is -2.34. The number of amides is 1. The number of nitrogens with one attached hydrogen (secondary N) is 1. The summed E-state index contributed by atoms with van der Waals surface area (Å²) in [5.41, 5.74) is 0.288. The van der Waals surface area contributed by atoms with E-state index < -0.39 is 0 Å². The zero-order valence-corrected chi connectivity index (χ0v) is 9.60. The Hall–Kier alpha value is -2.15. The molecule has 1 atom stereocenters. The molecule has 1 amide bonds. The number of phenolic OH excluding ortho intramolecular Hbond substituents is 2. The van der Waals surface area contributed by atoms with Gasteiger partial charge >= 0.3 is 0 Å². The van der Waals surface area contributed by atoms with Crippen molar-refractivity contribution in [2.45, 2.75) is 25.8 Å². The highest BCUT2D eigenvalue weighted by Gasteiger charge is 2.12. The van der Waals surface area contributed by atoms with Gasteiger partial charge in [-0.15, -0.1) is 12.3 Å². The predicted molar refractivity (Wildman–Crippen MR) is 64.8 cm³/mol. The van der Waals surface area contributed by atoms with Crippen molar-refractivity contribution in [2.24, 2.45) is 0 Å². The Morgan fingerprint density at radius 1 is 1.47 bits per heavy atom. The van der Waals surface area contributed by atoms with Crippen molar-refractivity contribution in [3.05, 3.63) is 23.8 Å². The fraction of sp³-hybridized carbons (Fsp3) is 0.308. The summed E-state index contributed by atoms with van der Waals surface area (Å²) in [4.78, 5) is 11.8. The number of phenols is 2. The first-order valence-corrected chi connectivity index (χ1v) is 5.34. The van der Waals surface area contributed by atoms with Gasteiger partial charge in [0, 0.05) is 18.0 Å². The number of benzene rings is 1. The van der Waals surface area contributed by atoms with Crippen LogP contribution < -0.4 is 5.32 Å². The normalized spacial score (nSPS) is 11.5. The van der Waals surface area contributed by atoms with Gasteiger partial charge in [0.25, 0.3) is 5.91 Å². The van der Waals surface area contributed by atoms with Gasteiger partial charge in [0.15, 0.2) is 11.5 Å². The molecule has 0 saturated heterocycles. The minimum atomic E-state index is -0.317. The van der Waals surface area contributed by atoms with E-state index in [4.69, 9.17) is 11.5 Å². The van der Waals surface area contributed by atoms with E-state index in [0.29, 0.717) is 6.42 Å². The Kier molecular flexibility index (Phi) is 4.41. The third kappa shape index (κ3) is 3.42. The van der Waals surface area contributed by atoms with Crippen LogP contribution in [0.4, 0.5) is 0 Å². The number of carbonyl (C=O) groups excluding carboxylic acids is 1. The van der Waals surface area contributed by atoms with Crippen LogP contribution in [0.15, 0.2) is 18.2 Å². The summed E-state index contributed by atoms with van der Waals surface area (Å²) in [6.45, 7) is 1.93. The van der Waals surface area contributed by atoms with E-state index >= 15 is 0 Å². The maximum atomic E-state index is 11.8. The van der Waals surface area contributed by atoms with Gasteiger partial charge in [0.05, 0.1) is 0 Å². The molecule has 0 fully saturated rings. The lowest BCUT2D eigenvalue weighted by atomic mass is 10.1. The largest absolute Gasteiger partial charge is 0.504 e. The van der Waals surface area contributed by atoms with Gasteiger partial charge in [-0.05, 0) is 24.6 Å². The summed E-state index contributed by atoms with van der Waals surface area (Å²) < 4.78 is 0. The summed E-state index contributed by atoms with van der Waals surface area (Å²) >= 11 is 0. The molecule has 0 aliphatic heterocycles. The summed E-state index contributed by atoms with van der Waals surface area (Å²) in [7, 11) is 0. The topological polar surface area (TPSA) is 69.6 Å². The Bertz CT molecular complexity index is 448. The molecule has 1 rings (SSSR count). The third-order valence-electron chi connectivity index (χ3n) is 2.43. The number of aromatic hydroxyl groups is 2. The molecule has 0 aliphatic rings. The number of hydrogen-bond donors (Lipinski definition) is 3. The van der Waals surface area contributed by atoms with Crippen LogP contribution in [0.1, 0.15) is 30.1 Å². The molecule has 3 N–H and O–H groups in total. The van der Waals surface area contributed by atoms with E-state index in [-0.39, 0.29) is 29.0 Å². The van der Waals surface area contributed by atoms with E-state index in [1.165, 1.54) is 18.2 Å². The van der Waals surface area contributed by atoms with Crippen molar-refractivity contribution in [2.75, 3.05) is 0 Å². The van der Waals surface area contributed by atoms with Gasteiger partial charge in [-0.1, -0.05) is 6.92 Å². The van der Waals surface area contributed by atoms with E-state index in [9.17, 15) is 9.90 Å². The quantitative estimate of drug-likeness (QED) is 0.547. The number of carbonyl (C=O) groups is 1. The maximum Gasteiger partial charge on any atom is 0.251 e. The number of hydrogen-bond acceptors (Lipinski definition) is 3. The van der Waals surface area contributed by atoms with Gasteiger partial charge < -0.3 is 15.5 Å². The lowest BCUT2D eigenvalue weighted by Gasteiger charge is -2.14. The second-order valence-corrected chi connectivity index (χ2v) is 3.69. The van der Waals surface area contributed by atoms with Crippen molar-refractivity contribution in [1.82, 2.24) is 5.32 Å².